The second-order valence-corrected chi connectivity index (χ2v) is 4.91. The number of hydrogen-bond acceptors (Lipinski definition) is 5. The maximum Gasteiger partial charge on any atom is 0.329 e. The van der Waals surface area contributed by atoms with Crippen molar-refractivity contribution < 1.29 is 24.2 Å². The first-order valence-corrected chi connectivity index (χ1v) is 6.56. The zero-order chi connectivity index (χ0) is 15.5. The fourth-order valence-electron chi connectivity index (χ4n) is 2.26. The molecule has 0 unspecified atom stereocenters. The third-order valence-electron chi connectivity index (χ3n) is 3.61. The van der Waals surface area contributed by atoms with E-state index >= 15 is 0 Å². The molecule has 7 heteroatoms. The number of methoxy groups -OCH3 is 1. The average Bonchev–Trinajstić information content (AvgIpc) is 2.48. The van der Waals surface area contributed by atoms with E-state index in [1.54, 1.807) is 12.1 Å². The van der Waals surface area contributed by atoms with E-state index in [0.717, 1.165) is 0 Å². The number of nitrogens with two attached hydrogens (primary N) is 1. The summed E-state index contributed by atoms with van der Waals surface area (Å²) in [4.78, 5) is 23.9. The molecule has 0 saturated carbocycles. The van der Waals surface area contributed by atoms with Crippen molar-refractivity contribution in [3.63, 3.8) is 0 Å². The highest BCUT2D eigenvalue weighted by molar-refractivity contribution is 6.02. The van der Waals surface area contributed by atoms with Gasteiger partial charge in [0.15, 0.2) is 0 Å². The van der Waals surface area contributed by atoms with Crippen molar-refractivity contribution in [1.82, 2.24) is 5.32 Å². The molecule has 0 bridgehead atoms. The first-order valence-electron chi connectivity index (χ1n) is 6.56. The number of ether oxygens (including phenoxy) is 2. The second kappa shape index (κ2) is 6.01. The van der Waals surface area contributed by atoms with Gasteiger partial charge in [0.1, 0.15) is 11.3 Å². The SMILES string of the molecule is COc1ccc(N)c(C(=O)NC2(C(=O)O)CCOCC2)c1. The van der Waals surface area contributed by atoms with Gasteiger partial charge in [0.05, 0.1) is 12.7 Å². The molecule has 1 amide bonds. The van der Waals surface area contributed by atoms with Crippen LogP contribution in [-0.4, -0.2) is 42.8 Å². The number of rotatable bonds is 4. The lowest BCUT2D eigenvalue weighted by atomic mass is 9.89. The van der Waals surface area contributed by atoms with Crippen LogP contribution in [0, 0.1) is 0 Å². The predicted octanol–water partition coefficient (Wildman–Crippen LogP) is 0.641. The van der Waals surface area contributed by atoms with Crippen LogP contribution in [0.25, 0.3) is 0 Å². The summed E-state index contributed by atoms with van der Waals surface area (Å²) in [6.45, 7) is 0.584. The van der Waals surface area contributed by atoms with Crippen molar-refractivity contribution in [1.29, 1.82) is 0 Å². The summed E-state index contributed by atoms with van der Waals surface area (Å²) in [5.74, 6) is -1.12. The number of carboxylic acids is 1. The summed E-state index contributed by atoms with van der Waals surface area (Å²) in [5.41, 5.74) is 4.93. The molecule has 114 valence electrons. The molecule has 1 aromatic carbocycles. The first-order chi connectivity index (χ1) is 9.98. The Hall–Kier alpha value is -2.28. The van der Waals surface area contributed by atoms with Crippen LogP contribution in [0.2, 0.25) is 0 Å². The molecule has 1 saturated heterocycles. The molecule has 1 aliphatic heterocycles. The second-order valence-electron chi connectivity index (χ2n) is 4.91. The van der Waals surface area contributed by atoms with Crippen LogP contribution in [-0.2, 0) is 9.53 Å². The Bertz CT molecular complexity index is 552. The monoisotopic (exact) mass is 294 g/mol. The highest BCUT2D eigenvalue weighted by Crippen LogP contribution is 2.24. The van der Waals surface area contributed by atoms with E-state index in [1.807, 2.05) is 0 Å². The van der Waals surface area contributed by atoms with Gasteiger partial charge in [0.25, 0.3) is 5.91 Å². The van der Waals surface area contributed by atoms with Gasteiger partial charge >= 0.3 is 5.97 Å². The molecular formula is C14H18N2O5. The van der Waals surface area contributed by atoms with Gasteiger partial charge in [-0.1, -0.05) is 0 Å². The minimum Gasteiger partial charge on any atom is -0.497 e. The molecule has 0 aromatic heterocycles. The number of benzene rings is 1. The van der Waals surface area contributed by atoms with E-state index < -0.39 is 17.4 Å². The van der Waals surface area contributed by atoms with E-state index in [2.05, 4.69) is 5.32 Å². The topological polar surface area (TPSA) is 111 Å². The molecule has 1 aliphatic rings. The minimum absolute atomic E-state index is 0.196. The minimum atomic E-state index is -1.31. The van der Waals surface area contributed by atoms with Gasteiger partial charge < -0.3 is 25.6 Å². The maximum absolute atomic E-state index is 12.4. The van der Waals surface area contributed by atoms with Gasteiger partial charge in [-0.2, -0.15) is 0 Å². The lowest BCUT2D eigenvalue weighted by Crippen LogP contribution is -2.57. The lowest BCUT2D eigenvalue weighted by Gasteiger charge is -2.34. The lowest BCUT2D eigenvalue weighted by molar-refractivity contribution is -0.148. The Kier molecular flexibility index (Phi) is 4.32. The number of nitrogen functional groups attached to an aromatic ring is 1. The number of amides is 1. The largest absolute Gasteiger partial charge is 0.497 e. The number of aliphatic carboxylic acids is 1. The van der Waals surface area contributed by atoms with Crippen molar-refractivity contribution in [2.24, 2.45) is 0 Å². The summed E-state index contributed by atoms with van der Waals surface area (Å²) in [5, 5.41) is 12.0. The number of carboxylic acid groups (broad SMARTS) is 1. The quantitative estimate of drug-likeness (QED) is 0.703. The predicted molar refractivity (Wildman–Crippen MR) is 75.3 cm³/mol. The number of anilines is 1. The molecule has 1 heterocycles. The highest BCUT2D eigenvalue weighted by Gasteiger charge is 2.42. The molecule has 21 heavy (non-hydrogen) atoms. The van der Waals surface area contributed by atoms with E-state index in [-0.39, 0.29) is 24.1 Å². The van der Waals surface area contributed by atoms with Crippen LogP contribution in [0.3, 0.4) is 0 Å². The summed E-state index contributed by atoms with van der Waals surface area (Å²) in [6, 6.07) is 4.66. The number of nitrogens with one attached hydrogen (secondary N) is 1. The summed E-state index contributed by atoms with van der Waals surface area (Å²) in [7, 11) is 1.48. The third-order valence-corrected chi connectivity index (χ3v) is 3.61. The molecule has 1 aromatic rings. The smallest absolute Gasteiger partial charge is 0.329 e. The van der Waals surface area contributed by atoms with Crippen LogP contribution < -0.4 is 15.8 Å². The molecule has 1 fully saturated rings. The zero-order valence-electron chi connectivity index (χ0n) is 11.7. The van der Waals surface area contributed by atoms with Crippen molar-refractivity contribution in [3.8, 4) is 5.75 Å². The maximum atomic E-state index is 12.4. The fourth-order valence-corrected chi connectivity index (χ4v) is 2.26. The Labute approximate surface area is 122 Å². The normalized spacial score (nSPS) is 17.0. The molecule has 0 atom stereocenters. The number of carbonyl (C=O) groups is 2. The van der Waals surface area contributed by atoms with E-state index in [4.69, 9.17) is 15.2 Å². The van der Waals surface area contributed by atoms with Gasteiger partial charge in [0.2, 0.25) is 0 Å². The van der Waals surface area contributed by atoms with Crippen LogP contribution >= 0.6 is 0 Å². The van der Waals surface area contributed by atoms with Crippen LogP contribution in [0.1, 0.15) is 23.2 Å². The van der Waals surface area contributed by atoms with Crippen molar-refractivity contribution >= 4 is 17.6 Å². The molecule has 2 rings (SSSR count). The van der Waals surface area contributed by atoms with Crippen LogP contribution in [0.4, 0.5) is 5.69 Å². The third kappa shape index (κ3) is 3.08. The molecule has 7 nitrogen and oxygen atoms in total. The Morgan fingerprint density at radius 1 is 1.38 bits per heavy atom. The molecule has 0 radical (unpaired) electrons. The van der Waals surface area contributed by atoms with E-state index in [1.165, 1.54) is 13.2 Å². The Morgan fingerprint density at radius 3 is 2.62 bits per heavy atom. The Balaban J connectivity index is 2.25. The van der Waals surface area contributed by atoms with Crippen LogP contribution in [0.5, 0.6) is 5.75 Å². The van der Waals surface area contributed by atoms with Gasteiger partial charge in [-0.15, -0.1) is 0 Å². The van der Waals surface area contributed by atoms with Gasteiger partial charge in [-0.25, -0.2) is 4.79 Å². The van der Waals surface area contributed by atoms with Crippen molar-refractivity contribution in [3.05, 3.63) is 23.8 Å². The summed E-state index contributed by atoms with van der Waals surface area (Å²) >= 11 is 0. The number of hydrogen-bond donors (Lipinski definition) is 3. The van der Waals surface area contributed by atoms with Gasteiger partial charge in [-0.05, 0) is 18.2 Å². The number of carbonyl (C=O) groups excluding carboxylic acids is 1. The van der Waals surface area contributed by atoms with Gasteiger partial charge in [-0.3, -0.25) is 4.79 Å². The van der Waals surface area contributed by atoms with Crippen molar-refractivity contribution in [2.45, 2.75) is 18.4 Å². The van der Waals surface area contributed by atoms with Crippen LogP contribution in [0.15, 0.2) is 18.2 Å². The molecule has 0 spiro atoms. The van der Waals surface area contributed by atoms with E-state index in [9.17, 15) is 14.7 Å². The fraction of sp³-hybridized carbons (Fsp3) is 0.429. The first kappa shape index (κ1) is 15.1. The van der Waals surface area contributed by atoms with Crippen molar-refractivity contribution in [2.75, 3.05) is 26.1 Å². The summed E-state index contributed by atoms with van der Waals surface area (Å²) in [6.07, 6.45) is 0.440. The van der Waals surface area contributed by atoms with E-state index in [0.29, 0.717) is 19.0 Å². The highest BCUT2D eigenvalue weighted by atomic mass is 16.5. The Morgan fingerprint density at radius 2 is 2.05 bits per heavy atom. The molecular weight excluding hydrogens is 276 g/mol. The summed E-state index contributed by atoms with van der Waals surface area (Å²) < 4.78 is 10.2. The zero-order valence-corrected chi connectivity index (χ0v) is 11.7. The average molecular weight is 294 g/mol. The molecule has 0 aliphatic carbocycles. The molecule has 4 N–H and O–H groups in total. The van der Waals surface area contributed by atoms with Gasteiger partial charge in [0, 0.05) is 31.7 Å². The standard InChI is InChI=1S/C14H18N2O5/c1-20-9-2-3-11(15)10(8-9)12(17)16-14(13(18)19)4-6-21-7-5-14/h2-3,8H,4-7,15H2,1H3,(H,16,17)(H,18,19).